The van der Waals surface area contributed by atoms with Gasteiger partial charge in [-0.05, 0) is 0 Å². The molecule has 2 aromatic rings. The quantitative estimate of drug-likeness (QED) is 0.615. The van der Waals surface area contributed by atoms with E-state index >= 15 is 0 Å². The van der Waals surface area contributed by atoms with Crippen LogP contribution in [0.2, 0.25) is 0 Å². The van der Waals surface area contributed by atoms with Gasteiger partial charge in [-0.15, -0.1) is 18.7 Å². The third-order valence-corrected chi connectivity index (χ3v) is 2.03. The Morgan fingerprint density at radius 1 is 0.882 bits per heavy atom. The number of hydrogen-bond donors (Lipinski definition) is 0. The summed E-state index contributed by atoms with van der Waals surface area (Å²) in [6.07, 6.45) is 0. The Kier molecular flexibility index (Phi) is 10.1. The van der Waals surface area contributed by atoms with Crippen LogP contribution in [0, 0.1) is 38.0 Å². The first kappa shape index (κ1) is 16.3. The summed E-state index contributed by atoms with van der Waals surface area (Å²) in [6.45, 7) is 4.55. The van der Waals surface area contributed by atoms with E-state index in [1.54, 1.807) is 0 Å². The van der Waals surface area contributed by atoms with E-state index in [1.165, 1.54) is 5.56 Å². The molecule has 86 valence electrons. The van der Waals surface area contributed by atoms with Crippen molar-refractivity contribution in [1.29, 1.82) is 0 Å². The molecule has 2 heteroatoms. The van der Waals surface area contributed by atoms with E-state index in [0.29, 0.717) is 0 Å². The molecule has 2 rings (SSSR count). The Morgan fingerprint density at radius 3 is 1.71 bits per heavy atom. The molecule has 2 aromatic carbocycles. The SMILES string of the molecule is C[N-]Cc1ccccc1.[CH2-]c1ccccc1.[U+2]. The molecule has 0 atom stereocenters. The molecule has 0 radical (unpaired) electrons. The normalized spacial score (nSPS) is 8.53. The van der Waals surface area contributed by atoms with Crippen molar-refractivity contribution in [3.8, 4) is 0 Å². The number of rotatable bonds is 2. The topological polar surface area (TPSA) is 14.1 Å². The summed E-state index contributed by atoms with van der Waals surface area (Å²) in [4.78, 5) is 0. The van der Waals surface area contributed by atoms with Gasteiger partial charge in [-0.2, -0.15) is 31.7 Å². The van der Waals surface area contributed by atoms with Gasteiger partial charge in [0, 0.05) is 0 Å². The second-order valence-corrected chi connectivity index (χ2v) is 3.45. The average molecular weight is 449 g/mol. The molecule has 0 spiro atoms. The molecule has 1 nitrogen and oxygen atoms in total. The third kappa shape index (κ3) is 8.10. The smallest absolute Gasteiger partial charge is 0.661 e. The first-order chi connectivity index (χ1) is 7.83. The van der Waals surface area contributed by atoms with Crippen LogP contribution >= 0.6 is 0 Å². The summed E-state index contributed by atoms with van der Waals surface area (Å²) in [5, 5.41) is 4.01. The monoisotopic (exact) mass is 449 g/mol. The minimum atomic E-state index is 0. The van der Waals surface area contributed by atoms with E-state index in [1.807, 2.05) is 55.6 Å². The van der Waals surface area contributed by atoms with Gasteiger partial charge >= 0.3 is 31.1 Å². The van der Waals surface area contributed by atoms with Crippen molar-refractivity contribution in [3.63, 3.8) is 0 Å². The fourth-order valence-corrected chi connectivity index (χ4v) is 1.24. The zero-order valence-electron chi connectivity index (χ0n) is 10.1. The van der Waals surface area contributed by atoms with Crippen LogP contribution in [-0.2, 0) is 6.54 Å². The van der Waals surface area contributed by atoms with Gasteiger partial charge in [0.2, 0.25) is 0 Å². The maximum Gasteiger partial charge on any atom is 2.00 e. The fourth-order valence-electron chi connectivity index (χ4n) is 1.24. The minimum Gasteiger partial charge on any atom is -0.661 e. The Morgan fingerprint density at radius 2 is 1.35 bits per heavy atom. The van der Waals surface area contributed by atoms with E-state index in [9.17, 15) is 0 Å². The Hall–Kier alpha value is -0.678. The second-order valence-electron chi connectivity index (χ2n) is 3.45. The van der Waals surface area contributed by atoms with Crippen molar-refractivity contribution in [2.24, 2.45) is 0 Å². The Labute approximate surface area is 128 Å². The summed E-state index contributed by atoms with van der Waals surface area (Å²) >= 11 is 0. The maximum atomic E-state index is 4.01. The second kappa shape index (κ2) is 10.5. The summed E-state index contributed by atoms with van der Waals surface area (Å²) < 4.78 is 0. The average Bonchev–Trinajstić information content (AvgIpc) is 2.33. The molecular formula is C15H17NU. The summed E-state index contributed by atoms with van der Waals surface area (Å²) in [5.74, 6) is 0. The zero-order chi connectivity index (χ0) is 11.6. The van der Waals surface area contributed by atoms with Crippen molar-refractivity contribution in [1.82, 2.24) is 0 Å². The van der Waals surface area contributed by atoms with E-state index < -0.39 is 0 Å². The van der Waals surface area contributed by atoms with Gasteiger partial charge in [0.15, 0.2) is 0 Å². The molecule has 17 heavy (non-hydrogen) atoms. The van der Waals surface area contributed by atoms with Gasteiger partial charge < -0.3 is 5.32 Å². The summed E-state index contributed by atoms with van der Waals surface area (Å²) in [5.41, 5.74) is 2.35. The summed E-state index contributed by atoms with van der Waals surface area (Å²) in [6, 6.07) is 20.1. The molecule has 0 fully saturated rings. The number of benzene rings is 2. The van der Waals surface area contributed by atoms with E-state index in [0.717, 1.165) is 12.1 Å². The Balaban J connectivity index is 0.000000292. The van der Waals surface area contributed by atoms with E-state index in [2.05, 4.69) is 24.4 Å². The minimum absolute atomic E-state index is 0. The zero-order valence-corrected chi connectivity index (χ0v) is 14.3. The van der Waals surface area contributed by atoms with E-state index in [4.69, 9.17) is 0 Å². The van der Waals surface area contributed by atoms with Crippen LogP contribution in [-0.4, -0.2) is 7.05 Å². The van der Waals surface area contributed by atoms with Crippen molar-refractivity contribution in [2.75, 3.05) is 7.05 Å². The van der Waals surface area contributed by atoms with Crippen molar-refractivity contribution >= 4 is 0 Å². The van der Waals surface area contributed by atoms with Crippen molar-refractivity contribution in [3.05, 3.63) is 84.0 Å². The first-order valence-corrected chi connectivity index (χ1v) is 5.29. The predicted molar refractivity (Wildman–Crippen MR) is 70.3 cm³/mol. The van der Waals surface area contributed by atoms with Crippen LogP contribution in [0.1, 0.15) is 11.1 Å². The standard InChI is InChI=1S/C8H10N.C7H7.U/c1-9-7-8-5-3-2-4-6-8;1-7-5-3-2-4-6-7;/h2-6H,7H2,1H3;2-6H,1H2;/q2*-1;+2. The van der Waals surface area contributed by atoms with Gasteiger partial charge in [-0.25, -0.2) is 0 Å². The molecular weight excluding hydrogens is 432 g/mol. The van der Waals surface area contributed by atoms with Crippen molar-refractivity contribution in [2.45, 2.75) is 6.54 Å². The molecule has 0 aliphatic heterocycles. The van der Waals surface area contributed by atoms with Crippen LogP contribution in [0.25, 0.3) is 5.32 Å². The van der Waals surface area contributed by atoms with Crippen LogP contribution in [0.3, 0.4) is 0 Å². The summed E-state index contributed by atoms with van der Waals surface area (Å²) in [7, 11) is 1.83. The Bertz CT molecular complexity index is 373. The molecule has 0 unspecified atom stereocenters. The van der Waals surface area contributed by atoms with Gasteiger partial charge in [0.05, 0.1) is 0 Å². The molecule has 0 aliphatic rings. The fraction of sp³-hybridized carbons (Fsp3) is 0.133. The van der Waals surface area contributed by atoms with Crippen LogP contribution < -0.4 is 0 Å². The molecule has 0 heterocycles. The van der Waals surface area contributed by atoms with Crippen LogP contribution in [0.5, 0.6) is 0 Å². The first-order valence-electron chi connectivity index (χ1n) is 5.29. The predicted octanol–water partition coefficient (Wildman–Crippen LogP) is 4.06. The number of hydrogen-bond acceptors (Lipinski definition) is 0. The number of nitrogens with zero attached hydrogens (tertiary/aromatic N) is 1. The molecule has 0 aromatic heterocycles. The molecule has 0 saturated heterocycles. The molecule has 0 bridgehead atoms. The largest absolute Gasteiger partial charge is 2.00 e. The maximum absolute atomic E-state index is 4.01. The van der Waals surface area contributed by atoms with Gasteiger partial charge in [0.1, 0.15) is 0 Å². The molecule has 0 amide bonds. The van der Waals surface area contributed by atoms with Gasteiger partial charge in [-0.1, -0.05) is 42.0 Å². The van der Waals surface area contributed by atoms with Gasteiger partial charge in [0.25, 0.3) is 0 Å². The third-order valence-electron chi connectivity index (χ3n) is 2.03. The van der Waals surface area contributed by atoms with E-state index in [-0.39, 0.29) is 31.1 Å². The van der Waals surface area contributed by atoms with Crippen LogP contribution in [0.15, 0.2) is 60.7 Å². The van der Waals surface area contributed by atoms with Gasteiger partial charge in [-0.3, -0.25) is 0 Å². The van der Waals surface area contributed by atoms with Crippen molar-refractivity contribution < 1.29 is 31.1 Å². The molecule has 0 aliphatic carbocycles. The molecule has 0 saturated carbocycles. The molecule has 0 N–H and O–H groups in total. The van der Waals surface area contributed by atoms with Crippen LogP contribution in [0.4, 0.5) is 0 Å².